The van der Waals surface area contributed by atoms with Crippen molar-refractivity contribution in [1.29, 1.82) is 0 Å². The molecule has 1 saturated heterocycles. The second kappa shape index (κ2) is 10.3. The quantitative estimate of drug-likeness (QED) is 0.386. The molecular formula is C18H30FIN4O. The number of hydrogen-bond acceptors (Lipinski definition) is 3. The van der Waals surface area contributed by atoms with Gasteiger partial charge < -0.3 is 20.3 Å². The van der Waals surface area contributed by atoms with E-state index in [2.05, 4.69) is 22.5 Å². The van der Waals surface area contributed by atoms with E-state index in [1.54, 1.807) is 13.1 Å². The third kappa shape index (κ3) is 7.07. The summed E-state index contributed by atoms with van der Waals surface area (Å²) in [5, 5.41) is 6.59. The van der Waals surface area contributed by atoms with Crippen molar-refractivity contribution in [2.75, 3.05) is 34.3 Å². The van der Waals surface area contributed by atoms with Crippen LogP contribution in [0.2, 0.25) is 0 Å². The summed E-state index contributed by atoms with van der Waals surface area (Å²) >= 11 is 0. The fraction of sp³-hybridized carbons (Fsp3) is 0.611. The minimum absolute atomic E-state index is 0. The summed E-state index contributed by atoms with van der Waals surface area (Å²) in [4.78, 5) is 6.20. The van der Waals surface area contributed by atoms with Gasteiger partial charge in [0.25, 0.3) is 0 Å². The van der Waals surface area contributed by atoms with Crippen molar-refractivity contribution in [3.63, 3.8) is 0 Å². The van der Waals surface area contributed by atoms with Gasteiger partial charge in [0.05, 0.1) is 5.60 Å². The molecule has 1 aliphatic rings. The topological polar surface area (TPSA) is 48.9 Å². The van der Waals surface area contributed by atoms with Crippen LogP contribution in [-0.4, -0.2) is 50.8 Å². The van der Waals surface area contributed by atoms with Gasteiger partial charge in [-0.3, -0.25) is 4.99 Å². The van der Waals surface area contributed by atoms with E-state index in [1.807, 2.05) is 25.1 Å². The number of ether oxygens (including phenoxy) is 1. The molecule has 25 heavy (non-hydrogen) atoms. The van der Waals surface area contributed by atoms with Crippen LogP contribution in [0.3, 0.4) is 0 Å². The van der Waals surface area contributed by atoms with E-state index in [0.29, 0.717) is 18.7 Å². The third-order valence-corrected chi connectivity index (χ3v) is 4.21. The van der Waals surface area contributed by atoms with Crippen LogP contribution < -0.4 is 10.6 Å². The molecule has 0 aliphatic carbocycles. The van der Waals surface area contributed by atoms with Crippen molar-refractivity contribution in [2.24, 2.45) is 4.99 Å². The smallest absolute Gasteiger partial charge is 0.191 e. The molecule has 0 saturated carbocycles. The molecule has 0 radical (unpaired) electrons. The van der Waals surface area contributed by atoms with Gasteiger partial charge >= 0.3 is 0 Å². The SMILES string of the molecule is CN=C(NCc1ccc(F)c(CN(C)C)c1)NCC1(C)CCCO1.I. The number of nitrogens with one attached hydrogen (secondary N) is 2. The van der Waals surface area contributed by atoms with E-state index in [9.17, 15) is 4.39 Å². The average molecular weight is 464 g/mol. The Kier molecular flexibility index (Phi) is 9.09. The minimum Gasteiger partial charge on any atom is -0.373 e. The molecule has 142 valence electrons. The van der Waals surface area contributed by atoms with Gasteiger partial charge in [0.2, 0.25) is 0 Å². The number of benzene rings is 1. The first-order chi connectivity index (χ1) is 11.4. The first-order valence-corrected chi connectivity index (χ1v) is 8.42. The summed E-state index contributed by atoms with van der Waals surface area (Å²) < 4.78 is 19.6. The summed E-state index contributed by atoms with van der Waals surface area (Å²) in [6.07, 6.45) is 2.16. The highest BCUT2D eigenvalue weighted by atomic mass is 127. The molecule has 1 fully saturated rings. The lowest BCUT2D eigenvalue weighted by Gasteiger charge is -2.24. The molecular weight excluding hydrogens is 434 g/mol. The Bertz CT molecular complexity index is 574. The van der Waals surface area contributed by atoms with Gasteiger partial charge in [0, 0.05) is 38.9 Å². The van der Waals surface area contributed by atoms with Crippen molar-refractivity contribution in [2.45, 2.75) is 38.5 Å². The van der Waals surface area contributed by atoms with Crippen molar-refractivity contribution in [1.82, 2.24) is 15.5 Å². The average Bonchev–Trinajstić information content (AvgIpc) is 2.97. The Hall–Kier alpha value is -0.930. The highest BCUT2D eigenvalue weighted by Gasteiger charge is 2.29. The number of rotatable bonds is 6. The lowest BCUT2D eigenvalue weighted by molar-refractivity contribution is 0.0243. The number of guanidine groups is 1. The predicted molar refractivity (Wildman–Crippen MR) is 111 cm³/mol. The predicted octanol–water partition coefficient (Wildman–Crippen LogP) is 2.74. The van der Waals surface area contributed by atoms with E-state index in [0.717, 1.165) is 37.5 Å². The van der Waals surface area contributed by atoms with Crippen molar-refractivity contribution < 1.29 is 9.13 Å². The van der Waals surface area contributed by atoms with Crippen LogP contribution in [-0.2, 0) is 17.8 Å². The van der Waals surface area contributed by atoms with E-state index in [4.69, 9.17) is 4.74 Å². The van der Waals surface area contributed by atoms with Crippen LogP contribution in [0, 0.1) is 5.82 Å². The van der Waals surface area contributed by atoms with Gasteiger partial charge in [-0.2, -0.15) is 0 Å². The molecule has 2 rings (SSSR count). The molecule has 1 aromatic rings. The van der Waals surface area contributed by atoms with E-state index >= 15 is 0 Å². The Morgan fingerprint density at radius 3 is 2.72 bits per heavy atom. The van der Waals surface area contributed by atoms with Gasteiger partial charge in [-0.15, -0.1) is 24.0 Å². The largest absolute Gasteiger partial charge is 0.373 e. The Balaban J connectivity index is 0.00000312. The molecule has 0 aromatic heterocycles. The highest BCUT2D eigenvalue weighted by molar-refractivity contribution is 14.0. The molecule has 1 aromatic carbocycles. The molecule has 5 nitrogen and oxygen atoms in total. The zero-order valence-electron chi connectivity index (χ0n) is 15.6. The maximum atomic E-state index is 13.8. The van der Waals surface area contributed by atoms with Crippen molar-refractivity contribution in [3.05, 3.63) is 35.1 Å². The van der Waals surface area contributed by atoms with E-state index in [-0.39, 0.29) is 35.4 Å². The van der Waals surface area contributed by atoms with Crippen molar-refractivity contribution >= 4 is 29.9 Å². The Morgan fingerprint density at radius 1 is 1.36 bits per heavy atom. The van der Waals surface area contributed by atoms with Gasteiger partial charge in [-0.1, -0.05) is 6.07 Å². The lowest BCUT2D eigenvalue weighted by atomic mass is 10.0. The fourth-order valence-corrected chi connectivity index (χ4v) is 2.85. The fourth-order valence-electron chi connectivity index (χ4n) is 2.85. The van der Waals surface area contributed by atoms with Crippen LogP contribution in [0.15, 0.2) is 23.2 Å². The standard InChI is InChI=1S/C18H29FN4O.HI/c1-18(8-5-9-24-18)13-22-17(20-2)21-11-14-6-7-16(19)15(10-14)12-23(3)4;/h6-7,10H,5,8-9,11-13H2,1-4H3,(H2,20,21,22);1H. The van der Waals surface area contributed by atoms with E-state index in [1.165, 1.54) is 6.07 Å². The summed E-state index contributed by atoms with van der Waals surface area (Å²) in [6, 6.07) is 5.23. The van der Waals surface area contributed by atoms with Gasteiger partial charge in [-0.05, 0) is 51.6 Å². The van der Waals surface area contributed by atoms with Crippen molar-refractivity contribution in [3.8, 4) is 0 Å². The number of hydrogen-bond donors (Lipinski definition) is 2. The molecule has 1 atom stereocenters. The summed E-state index contributed by atoms with van der Waals surface area (Å²) in [7, 11) is 5.61. The molecule has 1 aliphatic heterocycles. The zero-order chi connectivity index (χ0) is 17.6. The van der Waals surface area contributed by atoms with E-state index < -0.39 is 0 Å². The van der Waals surface area contributed by atoms with Gasteiger partial charge in [0.1, 0.15) is 5.82 Å². The molecule has 0 spiro atoms. The monoisotopic (exact) mass is 464 g/mol. The van der Waals surface area contributed by atoms with Gasteiger partial charge in [-0.25, -0.2) is 4.39 Å². The molecule has 1 unspecified atom stereocenters. The lowest BCUT2D eigenvalue weighted by Crippen LogP contribution is -2.45. The maximum absolute atomic E-state index is 13.8. The normalized spacial score (nSPS) is 20.5. The Morgan fingerprint density at radius 2 is 2.12 bits per heavy atom. The molecule has 1 heterocycles. The summed E-state index contributed by atoms with van der Waals surface area (Å²) in [5.74, 6) is 0.562. The first kappa shape index (κ1) is 22.1. The summed E-state index contributed by atoms with van der Waals surface area (Å²) in [5.41, 5.74) is 1.61. The number of nitrogens with zero attached hydrogens (tertiary/aromatic N) is 2. The maximum Gasteiger partial charge on any atom is 0.191 e. The van der Waals surface area contributed by atoms with Gasteiger partial charge in [0.15, 0.2) is 5.96 Å². The second-order valence-electron chi connectivity index (χ2n) is 6.84. The third-order valence-electron chi connectivity index (χ3n) is 4.21. The number of aliphatic imine (C=N–C) groups is 1. The minimum atomic E-state index is -0.165. The molecule has 2 N–H and O–H groups in total. The Labute approximate surface area is 167 Å². The molecule has 7 heteroatoms. The first-order valence-electron chi connectivity index (χ1n) is 8.42. The number of halogens is 2. The highest BCUT2D eigenvalue weighted by Crippen LogP contribution is 2.23. The molecule has 0 amide bonds. The summed E-state index contributed by atoms with van der Waals surface area (Å²) in [6.45, 7) is 4.85. The second-order valence-corrected chi connectivity index (χ2v) is 6.84. The van der Waals surface area contributed by atoms with Crippen LogP contribution in [0.5, 0.6) is 0 Å². The van der Waals surface area contributed by atoms with Crippen LogP contribution in [0.1, 0.15) is 30.9 Å². The van der Waals surface area contributed by atoms with Crippen LogP contribution in [0.4, 0.5) is 4.39 Å². The zero-order valence-corrected chi connectivity index (χ0v) is 17.9. The van der Waals surface area contributed by atoms with Crippen LogP contribution in [0.25, 0.3) is 0 Å². The van der Waals surface area contributed by atoms with Crippen LogP contribution >= 0.6 is 24.0 Å². The molecule has 0 bridgehead atoms.